The maximum Gasteiger partial charge on any atom is 0.133 e. The summed E-state index contributed by atoms with van der Waals surface area (Å²) >= 11 is 0. The van der Waals surface area contributed by atoms with Crippen LogP contribution in [0.2, 0.25) is 0 Å². The number of ketones is 1. The van der Waals surface area contributed by atoms with Gasteiger partial charge in [-0.2, -0.15) is 0 Å². The van der Waals surface area contributed by atoms with Gasteiger partial charge in [-0.05, 0) is 43.9 Å². The molecular weight excluding hydrogens is 172 g/mol. The Hall–Kier alpha value is -0.330. The standard InChI is InChI=1S/C13H22O/c1-10(11(2)14)13-8-4-3-6-12(13)7-5-9-13/h10,12H,3-9H2,1-2H3. The van der Waals surface area contributed by atoms with Crippen LogP contribution in [0.15, 0.2) is 0 Å². The molecule has 1 nitrogen and oxygen atoms in total. The normalized spacial score (nSPS) is 39.1. The molecule has 3 unspecified atom stereocenters. The van der Waals surface area contributed by atoms with Crippen LogP contribution in [0.25, 0.3) is 0 Å². The first-order chi connectivity index (χ1) is 6.67. The van der Waals surface area contributed by atoms with Crippen molar-refractivity contribution in [2.45, 2.75) is 58.8 Å². The molecule has 80 valence electrons. The van der Waals surface area contributed by atoms with Crippen molar-refractivity contribution in [3.8, 4) is 0 Å². The SMILES string of the molecule is CC(=O)C(C)C12CCCCC1CCC2. The number of Topliss-reactive ketones (excluding diaryl/α,β-unsaturated/α-hetero) is 1. The monoisotopic (exact) mass is 194 g/mol. The van der Waals surface area contributed by atoms with Gasteiger partial charge in [-0.1, -0.05) is 26.2 Å². The van der Waals surface area contributed by atoms with Gasteiger partial charge < -0.3 is 0 Å². The summed E-state index contributed by atoms with van der Waals surface area (Å²) in [5.74, 6) is 1.60. The van der Waals surface area contributed by atoms with Crippen molar-refractivity contribution in [1.29, 1.82) is 0 Å². The second-order valence-electron chi connectivity index (χ2n) is 5.40. The molecule has 2 rings (SSSR count). The minimum Gasteiger partial charge on any atom is -0.300 e. The highest BCUT2D eigenvalue weighted by Gasteiger charge is 2.48. The molecule has 0 spiro atoms. The van der Waals surface area contributed by atoms with Crippen LogP contribution in [0, 0.1) is 17.3 Å². The number of hydrogen-bond donors (Lipinski definition) is 0. The second kappa shape index (κ2) is 3.67. The molecule has 0 aromatic heterocycles. The first-order valence-corrected chi connectivity index (χ1v) is 6.17. The smallest absolute Gasteiger partial charge is 0.133 e. The Bertz CT molecular complexity index is 233. The third-order valence-electron chi connectivity index (χ3n) is 4.92. The van der Waals surface area contributed by atoms with Crippen molar-refractivity contribution in [2.75, 3.05) is 0 Å². The van der Waals surface area contributed by atoms with Gasteiger partial charge >= 0.3 is 0 Å². The van der Waals surface area contributed by atoms with Crippen molar-refractivity contribution >= 4 is 5.78 Å². The first-order valence-electron chi connectivity index (χ1n) is 6.17. The van der Waals surface area contributed by atoms with E-state index >= 15 is 0 Å². The zero-order valence-electron chi connectivity index (χ0n) is 9.51. The number of carbonyl (C=O) groups excluding carboxylic acids is 1. The molecule has 2 aliphatic rings. The Kier molecular flexibility index (Phi) is 2.68. The number of rotatable bonds is 2. The average molecular weight is 194 g/mol. The van der Waals surface area contributed by atoms with Crippen molar-refractivity contribution < 1.29 is 4.79 Å². The predicted molar refractivity (Wildman–Crippen MR) is 58.1 cm³/mol. The number of fused-ring (bicyclic) bond motifs is 1. The molecule has 2 saturated carbocycles. The lowest BCUT2D eigenvalue weighted by atomic mass is 9.61. The highest BCUT2D eigenvalue weighted by atomic mass is 16.1. The largest absolute Gasteiger partial charge is 0.300 e. The van der Waals surface area contributed by atoms with Gasteiger partial charge in [0, 0.05) is 5.92 Å². The average Bonchev–Trinajstić information content (AvgIpc) is 2.60. The molecule has 0 bridgehead atoms. The van der Waals surface area contributed by atoms with Crippen LogP contribution in [-0.2, 0) is 4.79 Å². The van der Waals surface area contributed by atoms with E-state index in [4.69, 9.17) is 0 Å². The quantitative estimate of drug-likeness (QED) is 0.656. The molecule has 0 aromatic rings. The van der Waals surface area contributed by atoms with Crippen LogP contribution in [0.3, 0.4) is 0 Å². The minimum atomic E-state index is 0.315. The molecule has 3 atom stereocenters. The van der Waals surface area contributed by atoms with Crippen molar-refractivity contribution in [1.82, 2.24) is 0 Å². The summed E-state index contributed by atoms with van der Waals surface area (Å²) in [6.45, 7) is 3.95. The maximum absolute atomic E-state index is 11.6. The van der Waals surface area contributed by atoms with E-state index in [9.17, 15) is 4.79 Å². The van der Waals surface area contributed by atoms with Gasteiger partial charge in [0.2, 0.25) is 0 Å². The van der Waals surface area contributed by atoms with Gasteiger partial charge in [0.1, 0.15) is 5.78 Å². The molecule has 2 aliphatic carbocycles. The van der Waals surface area contributed by atoms with E-state index in [0.29, 0.717) is 17.1 Å². The van der Waals surface area contributed by atoms with Gasteiger partial charge in [-0.15, -0.1) is 0 Å². The fraction of sp³-hybridized carbons (Fsp3) is 0.923. The van der Waals surface area contributed by atoms with Crippen molar-refractivity contribution in [3.05, 3.63) is 0 Å². The van der Waals surface area contributed by atoms with Crippen LogP contribution in [0.5, 0.6) is 0 Å². The first kappa shape index (κ1) is 10.2. The summed E-state index contributed by atoms with van der Waals surface area (Å²) in [6, 6.07) is 0. The minimum absolute atomic E-state index is 0.315. The second-order valence-corrected chi connectivity index (χ2v) is 5.40. The molecule has 14 heavy (non-hydrogen) atoms. The van der Waals surface area contributed by atoms with Gasteiger partial charge in [0.25, 0.3) is 0 Å². The number of carbonyl (C=O) groups is 1. The Morgan fingerprint density at radius 1 is 1.21 bits per heavy atom. The summed E-state index contributed by atoms with van der Waals surface area (Å²) in [5, 5.41) is 0. The Balaban J connectivity index is 2.21. The fourth-order valence-electron chi connectivity index (χ4n) is 3.97. The number of hydrogen-bond acceptors (Lipinski definition) is 1. The molecular formula is C13H22O. The summed E-state index contributed by atoms with van der Waals surface area (Å²) in [5.41, 5.74) is 0.421. The maximum atomic E-state index is 11.6. The van der Waals surface area contributed by atoms with Gasteiger partial charge in [-0.25, -0.2) is 0 Å². The Morgan fingerprint density at radius 3 is 2.57 bits per heavy atom. The van der Waals surface area contributed by atoms with E-state index in [1.165, 1.54) is 44.9 Å². The van der Waals surface area contributed by atoms with Crippen LogP contribution in [0.4, 0.5) is 0 Å². The van der Waals surface area contributed by atoms with Crippen LogP contribution < -0.4 is 0 Å². The van der Waals surface area contributed by atoms with Gasteiger partial charge in [-0.3, -0.25) is 4.79 Å². The third kappa shape index (κ3) is 1.41. The molecule has 0 amide bonds. The Labute approximate surface area is 87.3 Å². The van der Waals surface area contributed by atoms with E-state index in [1.54, 1.807) is 6.92 Å². The molecule has 2 fully saturated rings. The van der Waals surface area contributed by atoms with Gasteiger partial charge in [0.05, 0.1) is 0 Å². The van der Waals surface area contributed by atoms with Crippen LogP contribution >= 0.6 is 0 Å². The molecule has 1 heteroatoms. The van der Waals surface area contributed by atoms with Crippen LogP contribution in [0.1, 0.15) is 58.8 Å². The summed E-state index contributed by atoms with van der Waals surface area (Å²) in [7, 11) is 0. The van der Waals surface area contributed by atoms with Crippen molar-refractivity contribution in [3.63, 3.8) is 0 Å². The van der Waals surface area contributed by atoms with Gasteiger partial charge in [0.15, 0.2) is 0 Å². The lowest BCUT2D eigenvalue weighted by Crippen LogP contribution is -2.38. The van der Waals surface area contributed by atoms with Crippen molar-refractivity contribution in [2.24, 2.45) is 17.3 Å². The summed E-state index contributed by atoms with van der Waals surface area (Å²) in [6.07, 6.45) is 9.53. The Morgan fingerprint density at radius 2 is 1.86 bits per heavy atom. The predicted octanol–water partition coefficient (Wildman–Crippen LogP) is 3.57. The van der Waals surface area contributed by atoms with E-state index in [1.807, 2.05) is 0 Å². The topological polar surface area (TPSA) is 17.1 Å². The van der Waals surface area contributed by atoms with E-state index in [-0.39, 0.29) is 0 Å². The summed E-state index contributed by atoms with van der Waals surface area (Å²) < 4.78 is 0. The molecule has 0 aromatic carbocycles. The summed E-state index contributed by atoms with van der Waals surface area (Å²) in [4.78, 5) is 11.6. The van der Waals surface area contributed by atoms with E-state index < -0.39 is 0 Å². The zero-order chi connectivity index (χ0) is 10.2. The third-order valence-corrected chi connectivity index (χ3v) is 4.92. The molecule has 0 N–H and O–H groups in total. The lowest BCUT2D eigenvalue weighted by Gasteiger charge is -2.43. The highest BCUT2D eigenvalue weighted by Crippen LogP contribution is 2.56. The molecule has 0 radical (unpaired) electrons. The molecule has 0 saturated heterocycles. The van der Waals surface area contributed by atoms with E-state index in [0.717, 1.165) is 5.92 Å². The molecule has 0 heterocycles. The van der Waals surface area contributed by atoms with E-state index in [2.05, 4.69) is 6.92 Å². The highest BCUT2D eigenvalue weighted by molar-refractivity contribution is 5.78. The zero-order valence-corrected chi connectivity index (χ0v) is 9.51. The molecule has 0 aliphatic heterocycles. The lowest BCUT2D eigenvalue weighted by molar-refractivity contribution is -0.126. The fourth-order valence-corrected chi connectivity index (χ4v) is 3.97. The van der Waals surface area contributed by atoms with Crippen LogP contribution in [-0.4, -0.2) is 5.78 Å².